The van der Waals surface area contributed by atoms with Crippen molar-refractivity contribution in [2.75, 3.05) is 34.5 Å². The Bertz CT molecular complexity index is 2400. The molecule has 0 saturated heterocycles. The number of methoxy groups -OCH3 is 3. The van der Waals surface area contributed by atoms with Crippen LogP contribution in [0.15, 0.2) is 95.2 Å². The van der Waals surface area contributed by atoms with E-state index < -0.39 is 5.97 Å². The van der Waals surface area contributed by atoms with Crippen molar-refractivity contribution in [3.63, 3.8) is 0 Å². The first-order chi connectivity index (χ1) is 28.8. The summed E-state index contributed by atoms with van der Waals surface area (Å²) in [6.07, 6.45) is 11.0. The van der Waals surface area contributed by atoms with Crippen molar-refractivity contribution >= 4 is 52.7 Å². The molecule has 4 aromatic carbocycles. The monoisotopic (exact) mass is 795 g/mol. The van der Waals surface area contributed by atoms with Crippen LogP contribution in [-0.4, -0.2) is 86.6 Å². The zero-order chi connectivity index (χ0) is 41.0. The van der Waals surface area contributed by atoms with E-state index in [1.54, 1.807) is 66.6 Å². The summed E-state index contributed by atoms with van der Waals surface area (Å²) in [6, 6.07) is 21.7. The maximum absolute atomic E-state index is 13.8. The van der Waals surface area contributed by atoms with Crippen LogP contribution in [-0.2, 0) is 11.3 Å². The lowest BCUT2D eigenvalue weighted by Crippen LogP contribution is -2.32. The molecule has 13 heteroatoms. The van der Waals surface area contributed by atoms with Gasteiger partial charge in [0, 0.05) is 56.3 Å². The molecule has 0 spiro atoms. The molecule has 1 unspecified atom stereocenters. The van der Waals surface area contributed by atoms with Gasteiger partial charge in [-0.15, -0.1) is 0 Å². The molecule has 0 saturated carbocycles. The summed E-state index contributed by atoms with van der Waals surface area (Å²) in [7, 11) is 4.45. The molecule has 2 N–H and O–H groups in total. The number of unbranched alkanes of at least 4 members (excludes halogenated alkanes) is 2. The largest absolute Gasteiger partial charge is 0.493 e. The third-order valence-corrected chi connectivity index (χ3v) is 11.0. The molecule has 4 aromatic rings. The summed E-state index contributed by atoms with van der Waals surface area (Å²) >= 11 is 0. The Morgan fingerprint density at radius 2 is 1.14 bits per heavy atom. The predicted molar refractivity (Wildman–Crippen MR) is 224 cm³/mol. The Labute approximate surface area is 342 Å². The fourth-order valence-corrected chi connectivity index (χ4v) is 7.68. The molecule has 0 radical (unpaired) electrons. The van der Waals surface area contributed by atoms with Gasteiger partial charge in [-0.25, -0.2) is 4.79 Å². The smallest absolute Gasteiger partial charge is 0.337 e. The number of nitrogens with zero attached hydrogens (tertiary/aromatic N) is 4. The molecule has 13 nitrogen and oxygen atoms in total. The first-order valence-corrected chi connectivity index (χ1v) is 19.6. The number of rotatable bonds is 14. The maximum atomic E-state index is 13.8. The Morgan fingerprint density at radius 1 is 0.661 bits per heavy atom. The molecule has 4 heterocycles. The number of esters is 1. The molecule has 59 heavy (non-hydrogen) atoms. The van der Waals surface area contributed by atoms with Crippen LogP contribution in [0.5, 0.6) is 23.0 Å². The number of hydrogen-bond acceptors (Lipinski definition) is 11. The minimum absolute atomic E-state index is 0.140. The first-order valence-electron chi connectivity index (χ1n) is 19.6. The van der Waals surface area contributed by atoms with Crippen molar-refractivity contribution in [1.82, 2.24) is 9.80 Å². The average Bonchev–Trinajstić information content (AvgIpc) is 3.85. The summed E-state index contributed by atoms with van der Waals surface area (Å²) in [5, 5.41) is 0. The van der Waals surface area contributed by atoms with Crippen LogP contribution >= 0.6 is 0 Å². The Morgan fingerprint density at radius 3 is 1.58 bits per heavy atom. The summed E-state index contributed by atoms with van der Waals surface area (Å²) in [5.74, 6) is 1.22. The lowest BCUT2D eigenvalue weighted by Gasteiger charge is -2.19. The molecule has 2 amide bonds. The van der Waals surface area contributed by atoms with E-state index >= 15 is 0 Å². The zero-order valence-electron chi connectivity index (χ0n) is 33.2. The minimum Gasteiger partial charge on any atom is -0.493 e. The van der Waals surface area contributed by atoms with E-state index in [9.17, 15) is 14.4 Å². The standard InChI is InChI=1S/C46H45N5O8/c1-55-40-19-36-38(48-24-34-17-32(26-50(34)44(36)52)29-9-7-28(23-47)8-10-29)21-42(40)58-15-5-4-6-16-59-43-22-39-37(20-41(43)56-2)45(53)51-27-33(18-35(51)25-49-39)30-11-13-31(14-12-30)46(54)57-3/h7-14,19-22,24-27,34-35H,4-6,15-18,23,47H2,1-3H3/t34?,35-/m0/s1. The number of benzene rings is 4. The molecule has 0 aliphatic carbocycles. The number of carbonyl (C=O) groups excluding carboxylic acids is 3. The highest BCUT2D eigenvalue weighted by molar-refractivity contribution is 6.06. The molecule has 8 rings (SSSR count). The second-order valence-corrected chi connectivity index (χ2v) is 14.6. The van der Waals surface area contributed by atoms with E-state index in [-0.39, 0.29) is 23.9 Å². The van der Waals surface area contributed by atoms with Gasteiger partial charge in [0.15, 0.2) is 23.0 Å². The van der Waals surface area contributed by atoms with E-state index in [2.05, 4.69) is 0 Å². The van der Waals surface area contributed by atoms with E-state index in [4.69, 9.17) is 39.4 Å². The van der Waals surface area contributed by atoms with Gasteiger partial charge in [-0.05, 0) is 71.4 Å². The van der Waals surface area contributed by atoms with Gasteiger partial charge in [0.1, 0.15) is 0 Å². The van der Waals surface area contributed by atoms with E-state index in [0.29, 0.717) is 83.7 Å². The summed E-state index contributed by atoms with van der Waals surface area (Å²) in [6.45, 7) is 1.34. The van der Waals surface area contributed by atoms with E-state index in [1.165, 1.54) is 7.11 Å². The average molecular weight is 796 g/mol. The maximum Gasteiger partial charge on any atom is 0.337 e. The second-order valence-electron chi connectivity index (χ2n) is 14.6. The summed E-state index contributed by atoms with van der Waals surface area (Å²) in [5.41, 5.74) is 13.2. The van der Waals surface area contributed by atoms with Gasteiger partial charge in [0.05, 0.1) is 74.7 Å². The quantitative estimate of drug-likeness (QED) is 0.101. The zero-order valence-corrected chi connectivity index (χ0v) is 33.2. The molecule has 0 bridgehead atoms. The van der Waals surface area contributed by atoms with Gasteiger partial charge in [-0.2, -0.15) is 0 Å². The first kappa shape index (κ1) is 39.1. The Balaban J connectivity index is 0.844. The highest BCUT2D eigenvalue weighted by Crippen LogP contribution is 2.42. The molecule has 0 fully saturated rings. The highest BCUT2D eigenvalue weighted by Gasteiger charge is 2.35. The number of ether oxygens (including phenoxy) is 5. The highest BCUT2D eigenvalue weighted by atomic mass is 16.5. The number of hydrogen-bond donors (Lipinski definition) is 1. The van der Waals surface area contributed by atoms with Crippen LogP contribution in [0.4, 0.5) is 11.4 Å². The van der Waals surface area contributed by atoms with Crippen LogP contribution in [0.25, 0.3) is 11.1 Å². The molecule has 4 aliphatic rings. The second kappa shape index (κ2) is 17.0. The van der Waals surface area contributed by atoms with E-state index in [0.717, 1.165) is 47.1 Å². The third kappa shape index (κ3) is 7.93. The lowest BCUT2D eigenvalue weighted by atomic mass is 10.0. The number of aliphatic imine (C=N–C) groups is 2. The molecular weight excluding hydrogens is 751 g/mol. The van der Waals surface area contributed by atoms with Crippen molar-refractivity contribution < 1.29 is 38.1 Å². The van der Waals surface area contributed by atoms with E-state index in [1.807, 2.05) is 55.0 Å². The van der Waals surface area contributed by atoms with Crippen LogP contribution < -0.4 is 24.7 Å². The minimum atomic E-state index is -0.400. The fraction of sp³-hybridized carbons (Fsp3) is 0.283. The van der Waals surface area contributed by atoms with Crippen LogP contribution in [0, 0.1) is 0 Å². The number of carbonyl (C=O) groups is 3. The van der Waals surface area contributed by atoms with Crippen molar-refractivity contribution in [2.45, 2.75) is 50.7 Å². The Kier molecular flexibility index (Phi) is 11.3. The van der Waals surface area contributed by atoms with Gasteiger partial charge in [0.25, 0.3) is 11.8 Å². The SMILES string of the molecule is COC(=O)c1ccc(C2=CN3C(=O)c4cc(OC)c(OCCCCCOc5cc6c(cc5OC)C(=O)N5C=C(c7ccc(CN)cc7)CC5C=N6)cc4N=C[C@@H]3C2)cc1. The lowest BCUT2D eigenvalue weighted by molar-refractivity contribution is 0.0600. The molecule has 4 aliphatic heterocycles. The van der Waals surface area contributed by atoms with Crippen LogP contribution in [0.1, 0.15) is 79.9 Å². The van der Waals surface area contributed by atoms with Crippen molar-refractivity contribution in [3.05, 3.63) is 119 Å². The van der Waals surface area contributed by atoms with Gasteiger partial charge in [-0.3, -0.25) is 19.6 Å². The number of fused-ring (bicyclic) bond motifs is 4. The summed E-state index contributed by atoms with van der Waals surface area (Å²) in [4.78, 5) is 52.2. The Hall–Kier alpha value is -6.73. The third-order valence-electron chi connectivity index (χ3n) is 11.0. The van der Waals surface area contributed by atoms with Gasteiger partial charge < -0.3 is 39.2 Å². The molecular formula is C46H45N5O8. The normalized spacial score (nSPS) is 17.6. The fourth-order valence-electron chi connectivity index (χ4n) is 7.68. The summed E-state index contributed by atoms with van der Waals surface area (Å²) < 4.78 is 28.4. The predicted octanol–water partition coefficient (Wildman–Crippen LogP) is 7.52. The number of amides is 2. The number of nitrogens with two attached hydrogens (primary N) is 1. The van der Waals surface area contributed by atoms with Crippen molar-refractivity contribution in [1.29, 1.82) is 0 Å². The topological polar surface area (TPSA) is 155 Å². The van der Waals surface area contributed by atoms with Crippen LogP contribution in [0.3, 0.4) is 0 Å². The molecule has 0 aromatic heterocycles. The molecule has 302 valence electrons. The van der Waals surface area contributed by atoms with Gasteiger partial charge in [-0.1, -0.05) is 36.4 Å². The molecule has 2 atom stereocenters. The van der Waals surface area contributed by atoms with Crippen molar-refractivity contribution in [2.24, 2.45) is 15.7 Å². The van der Waals surface area contributed by atoms with Gasteiger partial charge >= 0.3 is 5.97 Å². The van der Waals surface area contributed by atoms with Gasteiger partial charge in [0.2, 0.25) is 0 Å². The van der Waals surface area contributed by atoms with Crippen molar-refractivity contribution in [3.8, 4) is 23.0 Å². The van der Waals surface area contributed by atoms with Crippen LogP contribution in [0.2, 0.25) is 0 Å².